The maximum Gasteiger partial charge on any atom is 0.354 e. The third-order valence-corrected chi connectivity index (χ3v) is 6.82. The number of aryl methyl sites for hydroxylation is 1. The van der Waals surface area contributed by atoms with Gasteiger partial charge in [0.25, 0.3) is 0 Å². The number of ether oxygens (including phenoxy) is 1. The van der Waals surface area contributed by atoms with Gasteiger partial charge in [0.2, 0.25) is 10.0 Å². The number of rotatable bonds is 5. The van der Waals surface area contributed by atoms with Gasteiger partial charge in [-0.1, -0.05) is 30.3 Å². The molecule has 0 bridgehead atoms. The summed E-state index contributed by atoms with van der Waals surface area (Å²) < 4.78 is 33.5. The molecule has 1 aromatic heterocycles. The van der Waals surface area contributed by atoms with Crippen LogP contribution in [-0.2, 0) is 28.2 Å². The molecule has 0 atom stereocenters. The van der Waals surface area contributed by atoms with Crippen molar-refractivity contribution in [2.45, 2.75) is 24.2 Å². The highest BCUT2D eigenvalue weighted by Crippen LogP contribution is 2.27. The van der Waals surface area contributed by atoms with E-state index in [1.54, 1.807) is 7.05 Å². The molecule has 1 aromatic carbocycles. The summed E-state index contributed by atoms with van der Waals surface area (Å²) in [5.74, 6) is -0.0548. The molecule has 0 spiro atoms. The molecule has 3 rings (SSSR count). The third kappa shape index (κ3) is 3.83. The Kier molecular flexibility index (Phi) is 5.48. The highest BCUT2D eigenvalue weighted by molar-refractivity contribution is 7.89. The van der Waals surface area contributed by atoms with Crippen LogP contribution in [0, 0.1) is 5.92 Å². The minimum Gasteiger partial charge on any atom is -0.464 e. The fourth-order valence-corrected chi connectivity index (χ4v) is 4.97. The lowest BCUT2D eigenvalue weighted by molar-refractivity contribution is 0.0590. The molecule has 26 heavy (non-hydrogen) atoms. The number of hydrogen-bond acceptors (Lipinski definition) is 4. The Morgan fingerprint density at radius 1 is 1.19 bits per heavy atom. The summed E-state index contributed by atoms with van der Waals surface area (Å²) in [6, 6.07) is 11.7. The normalized spacial score (nSPS) is 16.5. The Bertz CT molecular complexity index is 866. The molecule has 7 heteroatoms. The van der Waals surface area contributed by atoms with E-state index in [9.17, 15) is 13.2 Å². The summed E-state index contributed by atoms with van der Waals surface area (Å²) in [6.07, 6.45) is 4.12. The van der Waals surface area contributed by atoms with E-state index in [0.29, 0.717) is 19.0 Å². The van der Waals surface area contributed by atoms with Gasteiger partial charge < -0.3 is 9.30 Å². The van der Waals surface area contributed by atoms with Gasteiger partial charge in [0, 0.05) is 26.3 Å². The minimum absolute atomic E-state index is 0.141. The number of hydrogen-bond donors (Lipinski definition) is 0. The van der Waals surface area contributed by atoms with Crippen LogP contribution < -0.4 is 0 Å². The van der Waals surface area contributed by atoms with Gasteiger partial charge in [0.1, 0.15) is 10.6 Å². The Morgan fingerprint density at radius 2 is 1.85 bits per heavy atom. The predicted molar refractivity (Wildman–Crippen MR) is 98.4 cm³/mol. The van der Waals surface area contributed by atoms with Crippen molar-refractivity contribution in [3.63, 3.8) is 0 Å². The molecule has 2 heterocycles. The molecule has 0 N–H and O–H groups in total. The molecule has 1 saturated heterocycles. The second-order valence-electron chi connectivity index (χ2n) is 6.70. The van der Waals surface area contributed by atoms with Crippen molar-refractivity contribution in [2.24, 2.45) is 13.0 Å². The van der Waals surface area contributed by atoms with E-state index in [4.69, 9.17) is 4.74 Å². The standard InChI is InChI=1S/C19H24N2O4S/c1-20-14-17(13-18(20)19(22)25-2)26(23,24)21-10-8-16(9-11-21)12-15-6-4-3-5-7-15/h3-7,13-14,16H,8-12H2,1-2H3. The van der Waals surface area contributed by atoms with Crippen molar-refractivity contribution >= 4 is 16.0 Å². The molecule has 0 saturated carbocycles. The number of esters is 1. The Morgan fingerprint density at radius 3 is 2.46 bits per heavy atom. The molecule has 2 aromatic rings. The molecule has 6 nitrogen and oxygen atoms in total. The predicted octanol–water partition coefficient (Wildman–Crippen LogP) is 2.46. The molecule has 0 unspecified atom stereocenters. The van der Waals surface area contributed by atoms with Crippen LogP contribution in [0.2, 0.25) is 0 Å². The van der Waals surface area contributed by atoms with Crippen molar-refractivity contribution in [2.75, 3.05) is 20.2 Å². The second-order valence-corrected chi connectivity index (χ2v) is 8.64. The average molecular weight is 376 g/mol. The zero-order valence-electron chi connectivity index (χ0n) is 15.1. The second kappa shape index (κ2) is 7.63. The van der Waals surface area contributed by atoms with Crippen molar-refractivity contribution in [1.29, 1.82) is 0 Å². The first-order valence-corrected chi connectivity index (χ1v) is 10.1. The number of piperidine rings is 1. The van der Waals surface area contributed by atoms with Gasteiger partial charge in [-0.3, -0.25) is 0 Å². The number of carbonyl (C=O) groups is 1. The van der Waals surface area contributed by atoms with E-state index < -0.39 is 16.0 Å². The number of benzene rings is 1. The van der Waals surface area contributed by atoms with E-state index >= 15 is 0 Å². The fraction of sp³-hybridized carbons (Fsp3) is 0.421. The maximum atomic E-state index is 12.9. The topological polar surface area (TPSA) is 68.6 Å². The van der Waals surface area contributed by atoms with Crippen molar-refractivity contribution in [3.8, 4) is 0 Å². The Balaban J connectivity index is 1.67. The van der Waals surface area contributed by atoms with Crippen molar-refractivity contribution < 1.29 is 17.9 Å². The number of nitrogens with zero attached hydrogens (tertiary/aromatic N) is 2. The molecule has 0 radical (unpaired) electrons. The van der Waals surface area contributed by atoms with Gasteiger partial charge >= 0.3 is 5.97 Å². The van der Waals surface area contributed by atoms with Crippen LogP contribution in [0.1, 0.15) is 28.9 Å². The van der Waals surface area contributed by atoms with Crippen LogP contribution in [0.5, 0.6) is 0 Å². The summed E-state index contributed by atoms with van der Waals surface area (Å²) >= 11 is 0. The Labute approximate surface area is 154 Å². The first-order chi connectivity index (χ1) is 12.4. The van der Waals surface area contributed by atoms with Crippen molar-refractivity contribution in [3.05, 3.63) is 53.9 Å². The van der Waals surface area contributed by atoms with Gasteiger partial charge in [-0.15, -0.1) is 0 Å². The third-order valence-electron chi connectivity index (χ3n) is 4.95. The smallest absolute Gasteiger partial charge is 0.354 e. The highest BCUT2D eigenvalue weighted by atomic mass is 32.2. The van der Waals surface area contributed by atoms with Gasteiger partial charge in [-0.05, 0) is 36.8 Å². The SMILES string of the molecule is COC(=O)c1cc(S(=O)(=O)N2CCC(Cc3ccccc3)CC2)cn1C. The number of aromatic nitrogens is 1. The van der Waals surface area contributed by atoms with Crippen LogP contribution in [0.3, 0.4) is 0 Å². The van der Waals surface area contributed by atoms with E-state index in [2.05, 4.69) is 12.1 Å². The molecule has 0 amide bonds. The quantitative estimate of drug-likeness (QED) is 0.752. The molecular formula is C19H24N2O4S. The van der Waals surface area contributed by atoms with Gasteiger partial charge in [-0.25, -0.2) is 13.2 Å². The largest absolute Gasteiger partial charge is 0.464 e. The van der Waals surface area contributed by atoms with Crippen LogP contribution >= 0.6 is 0 Å². The van der Waals surface area contributed by atoms with Crippen LogP contribution in [-0.4, -0.2) is 43.5 Å². The van der Waals surface area contributed by atoms with E-state index in [-0.39, 0.29) is 10.6 Å². The fourth-order valence-electron chi connectivity index (χ4n) is 3.43. The molecule has 140 valence electrons. The average Bonchev–Trinajstić information content (AvgIpc) is 3.05. The summed E-state index contributed by atoms with van der Waals surface area (Å²) in [5.41, 5.74) is 1.52. The first kappa shape index (κ1) is 18.7. The molecule has 0 aliphatic carbocycles. The minimum atomic E-state index is -3.60. The van der Waals surface area contributed by atoms with Gasteiger partial charge in [0.15, 0.2) is 0 Å². The Hall–Kier alpha value is -2.12. The zero-order chi connectivity index (χ0) is 18.7. The summed E-state index contributed by atoms with van der Waals surface area (Å²) in [7, 11) is -0.682. The lowest BCUT2D eigenvalue weighted by Gasteiger charge is -2.31. The van der Waals surface area contributed by atoms with Gasteiger partial charge in [-0.2, -0.15) is 4.31 Å². The van der Waals surface area contributed by atoms with Crippen LogP contribution in [0.25, 0.3) is 0 Å². The highest BCUT2D eigenvalue weighted by Gasteiger charge is 2.31. The molecule has 1 aliphatic rings. The maximum absolute atomic E-state index is 12.9. The number of sulfonamides is 1. The summed E-state index contributed by atoms with van der Waals surface area (Å²) in [6.45, 7) is 1.00. The number of carbonyl (C=O) groups excluding carboxylic acids is 1. The lowest BCUT2D eigenvalue weighted by atomic mass is 9.91. The summed E-state index contributed by atoms with van der Waals surface area (Å²) in [5, 5.41) is 0. The van der Waals surface area contributed by atoms with E-state index in [1.165, 1.54) is 33.8 Å². The van der Waals surface area contributed by atoms with E-state index in [1.807, 2.05) is 18.2 Å². The van der Waals surface area contributed by atoms with Crippen LogP contribution in [0.15, 0.2) is 47.5 Å². The monoisotopic (exact) mass is 376 g/mol. The van der Waals surface area contributed by atoms with Gasteiger partial charge in [0.05, 0.1) is 7.11 Å². The van der Waals surface area contributed by atoms with E-state index in [0.717, 1.165) is 19.3 Å². The van der Waals surface area contributed by atoms with Crippen molar-refractivity contribution in [1.82, 2.24) is 8.87 Å². The van der Waals surface area contributed by atoms with Crippen LogP contribution in [0.4, 0.5) is 0 Å². The molecule has 1 fully saturated rings. The first-order valence-electron chi connectivity index (χ1n) is 8.70. The number of methoxy groups -OCH3 is 1. The zero-order valence-corrected chi connectivity index (χ0v) is 15.9. The molecular weight excluding hydrogens is 352 g/mol. The molecule has 1 aliphatic heterocycles. The summed E-state index contributed by atoms with van der Waals surface area (Å²) in [4.78, 5) is 11.9. The lowest BCUT2D eigenvalue weighted by Crippen LogP contribution is -2.38.